The molecule has 4 rings (SSSR count). The molecular weight excluding hydrogens is 456 g/mol. The highest BCUT2D eigenvalue weighted by Crippen LogP contribution is 2.25. The van der Waals surface area contributed by atoms with Crippen molar-refractivity contribution in [2.75, 3.05) is 10.8 Å². The van der Waals surface area contributed by atoms with Crippen LogP contribution in [-0.2, 0) is 10.0 Å². The van der Waals surface area contributed by atoms with E-state index in [0.717, 1.165) is 11.1 Å². The lowest BCUT2D eigenvalue weighted by Gasteiger charge is -2.23. The maximum Gasteiger partial charge on any atom is 0.264 e. The summed E-state index contributed by atoms with van der Waals surface area (Å²) in [5.41, 5.74) is 2.64. The van der Waals surface area contributed by atoms with Crippen LogP contribution in [0.1, 0.15) is 27.5 Å². The molecule has 0 bridgehead atoms. The lowest BCUT2D eigenvalue weighted by atomic mass is 9.98. The van der Waals surface area contributed by atoms with Crippen LogP contribution in [0, 0.1) is 0 Å². The molecule has 6 heteroatoms. The van der Waals surface area contributed by atoms with Crippen molar-refractivity contribution in [3.05, 3.63) is 145 Å². The molecule has 0 heterocycles. The van der Waals surface area contributed by atoms with E-state index < -0.39 is 10.0 Å². The van der Waals surface area contributed by atoms with Crippen molar-refractivity contribution in [1.29, 1.82) is 0 Å². The second-order valence-electron chi connectivity index (χ2n) is 7.92. The summed E-state index contributed by atoms with van der Waals surface area (Å²) in [6.45, 7) is 3.80. The van der Waals surface area contributed by atoms with Gasteiger partial charge >= 0.3 is 0 Å². The standard InChI is InChI=1S/C29H26N2O3S/c1-2-21-31(26-18-10-5-11-19-26)35(33,34)27-20-12-17-25(22-27)29(32)30-28(23-13-6-3-7-14-23)24-15-8-4-9-16-24/h2-20,22,28H,1,21H2,(H,30,32). The fourth-order valence-electron chi connectivity index (χ4n) is 3.84. The van der Waals surface area contributed by atoms with Crippen LogP contribution < -0.4 is 9.62 Å². The number of hydrogen-bond donors (Lipinski definition) is 1. The van der Waals surface area contributed by atoms with Gasteiger partial charge in [0, 0.05) is 5.56 Å². The van der Waals surface area contributed by atoms with Crippen molar-refractivity contribution in [3.8, 4) is 0 Å². The number of hydrogen-bond acceptors (Lipinski definition) is 3. The van der Waals surface area contributed by atoms with Gasteiger partial charge in [-0.3, -0.25) is 9.10 Å². The molecule has 0 aromatic heterocycles. The minimum absolute atomic E-state index is 0.0341. The molecule has 0 aliphatic carbocycles. The van der Waals surface area contributed by atoms with E-state index >= 15 is 0 Å². The van der Waals surface area contributed by atoms with Gasteiger partial charge in [0.2, 0.25) is 0 Å². The molecule has 0 fully saturated rings. The minimum Gasteiger partial charge on any atom is -0.341 e. The van der Waals surface area contributed by atoms with Gasteiger partial charge in [0.1, 0.15) is 0 Å². The fourth-order valence-corrected chi connectivity index (χ4v) is 5.33. The van der Waals surface area contributed by atoms with E-state index in [-0.39, 0.29) is 29.0 Å². The lowest BCUT2D eigenvalue weighted by molar-refractivity contribution is 0.0942. The Morgan fingerprint density at radius 3 is 1.89 bits per heavy atom. The van der Waals surface area contributed by atoms with Crippen LogP contribution >= 0.6 is 0 Å². The van der Waals surface area contributed by atoms with Crippen molar-refractivity contribution in [2.24, 2.45) is 0 Å². The first-order valence-corrected chi connectivity index (χ1v) is 12.6. The zero-order chi connectivity index (χ0) is 24.7. The summed E-state index contributed by atoms with van der Waals surface area (Å²) in [5.74, 6) is -0.366. The monoisotopic (exact) mass is 482 g/mol. The third-order valence-corrected chi connectivity index (χ3v) is 7.35. The van der Waals surface area contributed by atoms with Crippen LogP contribution in [0.5, 0.6) is 0 Å². The first kappa shape index (κ1) is 24.0. The summed E-state index contributed by atoms with van der Waals surface area (Å²) in [6, 6.07) is 33.9. The van der Waals surface area contributed by atoms with Gasteiger partial charge < -0.3 is 5.32 Å². The Balaban J connectivity index is 1.66. The summed E-state index contributed by atoms with van der Waals surface area (Å²) in [6.07, 6.45) is 1.53. The summed E-state index contributed by atoms with van der Waals surface area (Å²) in [5, 5.41) is 3.07. The number of carbonyl (C=O) groups is 1. The molecule has 0 atom stereocenters. The Morgan fingerprint density at radius 1 is 0.800 bits per heavy atom. The molecule has 1 amide bonds. The number of anilines is 1. The molecule has 0 saturated carbocycles. The van der Waals surface area contributed by atoms with Crippen LogP contribution in [0.4, 0.5) is 5.69 Å². The zero-order valence-electron chi connectivity index (χ0n) is 19.1. The maximum absolute atomic E-state index is 13.5. The predicted molar refractivity (Wildman–Crippen MR) is 140 cm³/mol. The van der Waals surface area contributed by atoms with Gasteiger partial charge in [0.05, 0.1) is 23.2 Å². The second-order valence-corrected chi connectivity index (χ2v) is 9.78. The van der Waals surface area contributed by atoms with Gasteiger partial charge in [0.15, 0.2) is 0 Å². The highest BCUT2D eigenvalue weighted by molar-refractivity contribution is 7.92. The molecule has 1 N–H and O–H groups in total. The van der Waals surface area contributed by atoms with Gasteiger partial charge in [0.25, 0.3) is 15.9 Å². The summed E-state index contributed by atoms with van der Waals surface area (Å²) in [7, 11) is -3.92. The molecule has 5 nitrogen and oxygen atoms in total. The van der Waals surface area contributed by atoms with Crippen LogP contribution in [0.2, 0.25) is 0 Å². The van der Waals surface area contributed by atoms with Crippen LogP contribution in [0.3, 0.4) is 0 Å². The first-order chi connectivity index (χ1) is 17.0. The van der Waals surface area contributed by atoms with Gasteiger partial charge in [-0.15, -0.1) is 6.58 Å². The van der Waals surface area contributed by atoms with E-state index in [2.05, 4.69) is 11.9 Å². The number of amides is 1. The van der Waals surface area contributed by atoms with E-state index in [0.29, 0.717) is 5.69 Å². The Morgan fingerprint density at radius 2 is 1.34 bits per heavy atom. The van der Waals surface area contributed by atoms with E-state index in [1.807, 2.05) is 66.7 Å². The smallest absolute Gasteiger partial charge is 0.264 e. The Kier molecular flexibility index (Phi) is 7.43. The van der Waals surface area contributed by atoms with E-state index in [1.165, 1.54) is 22.5 Å². The molecule has 176 valence electrons. The average Bonchev–Trinajstić information content (AvgIpc) is 2.91. The molecule has 0 aliphatic rings. The number of sulfonamides is 1. The van der Waals surface area contributed by atoms with E-state index in [4.69, 9.17) is 0 Å². The summed E-state index contributed by atoms with van der Waals surface area (Å²) in [4.78, 5) is 13.3. The van der Waals surface area contributed by atoms with Crippen molar-refractivity contribution in [2.45, 2.75) is 10.9 Å². The summed E-state index contributed by atoms with van der Waals surface area (Å²) < 4.78 is 28.3. The topological polar surface area (TPSA) is 66.5 Å². The van der Waals surface area contributed by atoms with Crippen molar-refractivity contribution < 1.29 is 13.2 Å². The number of rotatable bonds is 9. The third kappa shape index (κ3) is 5.50. The van der Waals surface area contributed by atoms with Crippen LogP contribution in [0.25, 0.3) is 0 Å². The van der Waals surface area contributed by atoms with Crippen molar-refractivity contribution >= 4 is 21.6 Å². The number of nitrogens with one attached hydrogen (secondary N) is 1. The van der Waals surface area contributed by atoms with Crippen molar-refractivity contribution in [3.63, 3.8) is 0 Å². The number of para-hydroxylation sites is 1. The molecule has 0 spiro atoms. The highest BCUT2D eigenvalue weighted by Gasteiger charge is 2.25. The Hall–Kier alpha value is -4.16. The molecule has 0 radical (unpaired) electrons. The molecule has 4 aromatic rings. The molecular formula is C29H26N2O3S. The summed E-state index contributed by atoms with van der Waals surface area (Å²) >= 11 is 0. The first-order valence-electron chi connectivity index (χ1n) is 11.2. The Labute approximate surface area is 206 Å². The van der Waals surface area contributed by atoms with Crippen molar-refractivity contribution in [1.82, 2.24) is 5.32 Å². The largest absolute Gasteiger partial charge is 0.341 e. The number of carbonyl (C=O) groups excluding carboxylic acids is 1. The number of benzene rings is 4. The minimum atomic E-state index is -3.92. The second kappa shape index (κ2) is 10.8. The zero-order valence-corrected chi connectivity index (χ0v) is 19.9. The third-order valence-electron chi connectivity index (χ3n) is 5.56. The maximum atomic E-state index is 13.5. The molecule has 4 aromatic carbocycles. The van der Waals surface area contributed by atoms with E-state index in [1.54, 1.807) is 36.4 Å². The van der Waals surface area contributed by atoms with Gasteiger partial charge in [-0.25, -0.2) is 8.42 Å². The highest BCUT2D eigenvalue weighted by atomic mass is 32.2. The lowest BCUT2D eigenvalue weighted by Crippen LogP contribution is -2.32. The predicted octanol–water partition coefficient (Wildman–Crippen LogP) is 5.59. The molecule has 35 heavy (non-hydrogen) atoms. The fraction of sp³-hybridized carbons (Fsp3) is 0.0690. The van der Waals surface area contributed by atoms with Gasteiger partial charge in [-0.2, -0.15) is 0 Å². The van der Waals surface area contributed by atoms with Gasteiger partial charge in [-0.1, -0.05) is 91.0 Å². The molecule has 0 saturated heterocycles. The number of nitrogens with zero attached hydrogens (tertiary/aromatic N) is 1. The van der Waals surface area contributed by atoms with E-state index in [9.17, 15) is 13.2 Å². The van der Waals surface area contributed by atoms with Crippen LogP contribution in [-0.4, -0.2) is 20.9 Å². The Bertz CT molecular complexity index is 1350. The SMILES string of the molecule is C=CCN(c1ccccc1)S(=O)(=O)c1cccc(C(=O)NC(c2ccccc2)c2ccccc2)c1. The molecule has 0 unspecified atom stereocenters. The van der Waals surface area contributed by atoms with Gasteiger partial charge in [-0.05, 0) is 41.5 Å². The molecule has 0 aliphatic heterocycles. The van der Waals surface area contributed by atoms with Crippen LogP contribution in [0.15, 0.2) is 133 Å². The normalized spacial score (nSPS) is 11.1. The average molecular weight is 483 g/mol. The quantitative estimate of drug-likeness (QED) is 0.316.